The zero-order valence-electron chi connectivity index (χ0n) is 18.8. The standard InChI is InChI=1S/C29H31NO/c1-6-24-19-21(3)12-14-28(24)29(26(7-2)22(4)11-8-9-18-31)27-15-13-25(20-23(27)5)30-16-10-17-30/h6-9,11-15,18-20H,1,3,10,16-17H2,2,4-5H3/b9-8+,22-11-,26-7+,29-28-. The van der Waals surface area contributed by atoms with Crippen LogP contribution in [0.2, 0.25) is 0 Å². The summed E-state index contributed by atoms with van der Waals surface area (Å²) in [7, 11) is 0. The fraction of sp³-hybridized carbons (Fsp3) is 0.207. The van der Waals surface area contributed by atoms with Crippen LogP contribution in [0.1, 0.15) is 37.0 Å². The lowest BCUT2D eigenvalue weighted by Crippen LogP contribution is -2.37. The predicted octanol–water partition coefficient (Wildman–Crippen LogP) is 5.11. The SMILES string of the molecule is C=Cc1cc(=C)cc\c1=C(C(=C/C)/C(C)=C\C=C\C=O)\c1ccc(N2CCC2)cc1C. The first kappa shape index (κ1) is 22.3. The van der Waals surface area contributed by atoms with Gasteiger partial charge in [0.05, 0.1) is 0 Å². The van der Waals surface area contributed by atoms with Crippen LogP contribution in [0.15, 0.2) is 78.4 Å². The van der Waals surface area contributed by atoms with Gasteiger partial charge < -0.3 is 4.90 Å². The van der Waals surface area contributed by atoms with E-state index in [-0.39, 0.29) is 0 Å². The van der Waals surface area contributed by atoms with Crippen molar-refractivity contribution in [2.75, 3.05) is 18.0 Å². The third kappa shape index (κ3) is 4.86. The monoisotopic (exact) mass is 409 g/mol. The lowest BCUT2D eigenvalue weighted by Gasteiger charge is -2.33. The van der Waals surface area contributed by atoms with E-state index in [0.717, 1.165) is 46.5 Å². The third-order valence-corrected chi connectivity index (χ3v) is 5.82. The summed E-state index contributed by atoms with van der Waals surface area (Å²) in [5, 5.41) is 2.09. The summed E-state index contributed by atoms with van der Waals surface area (Å²) in [6, 6.07) is 13.0. The van der Waals surface area contributed by atoms with E-state index in [9.17, 15) is 4.79 Å². The summed E-state index contributed by atoms with van der Waals surface area (Å²) in [5.74, 6) is 0. The van der Waals surface area contributed by atoms with E-state index in [4.69, 9.17) is 0 Å². The highest BCUT2D eigenvalue weighted by molar-refractivity contribution is 5.86. The van der Waals surface area contributed by atoms with Crippen molar-refractivity contribution in [3.63, 3.8) is 0 Å². The largest absolute Gasteiger partial charge is 0.371 e. The van der Waals surface area contributed by atoms with Gasteiger partial charge in [-0.05, 0) is 95.3 Å². The summed E-state index contributed by atoms with van der Waals surface area (Å²) >= 11 is 0. The summed E-state index contributed by atoms with van der Waals surface area (Å²) in [5.41, 5.74) is 8.17. The Morgan fingerprint density at radius 3 is 2.45 bits per heavy atom. The molecule has 0 aliphatic carbocycles. The maximum absolute atomic E-state index is 10.7. The predicted molar refractivity (Wildman–Crippen MR) is 135 cm³/mol. The first-order chi connectivity index (χ1) is 15.0. The van der Waals surface area contributed by atoms with Crippen LogP contribution >= 0.6 is 0 Å². The Morgan fingerprint density at radius 2 is 1.87 bits per heavy atom. The molecule has 0 radical (unpaired) electrons. The van der Waals surface area contributed by atoms with Crippen LogP contribution < -0.4 is 15.3 Å². The van der Waals surface area contributed by atoms with Gasteiger partial charge >= 0.3 is 0 Å². The van der Waals surface area contributed by atoms with Crippen molar-refractivity contribution >= 4 is 30.2 Å². The molecule has 0 bridgehead atoms. The van der Waals surface area contributed by atoms with E-state index >= 15 is 0 Å². The molecule has 2 nitrogen and oxygen atoms in total. The number of aldehydes is 1. The van der Waals surface area contributed by atoms with E-state index in [0.29, 0.717) is 0 Å². The van der Waals surface area contributed by atoms with Gasteiger partial charge in [0.1, 0.15) is 6.29 Å². The van der Waals surface area contributed by atoms with Crippen molar-refractivity contribution < 1.29 is 4.79 Å². The maximum Gasteiger partial charge on any atom is 0.142 e. The van der Waals surface area contributed by atoms with Crippen LogP contribution in [0.25, 0.3) is 18.2 Å². The van der Waals surface area contributed by atoms with Crippen LogP contribution in [0.4, 0.5) is 5.69 Å². The van der Waals surface area contributed by atoms with Crippen molar-refractivity contribution in [1.82, 2.24) is 0 Å². The Kier molecular flexibility index (Phi) is 7.25. The Bertz CT molecular complexity index is 1190. The number of nitrogens with zero attached hydrogens (tertiary/aromatic N) is 1. The minimum atomic E-state index is 0.797. The summed E-state index contributed by atoms with van der Waals surface area (Å²) < 4.78 is 0. The summed E-state index contributed by atoms with van der Waals surface area (Å²) in [6.07, 6.45) is 11.4. The topological polar surface area (TPSA) is 20.3 Å². The minimum absolute atomic E-state index is 0.797. The number of rotatable bonds is 7. The number of carbonyl (C=O) groups excluding carboxylic acids is 1. The average molecular weight is 410 g/mol. The van der Waals surface area contributed by atoms with E-state index < -0.39 is 0 Å². The molecule has 0 N–H and O–H groups in total. The Balaban J connectivity index is 2.31. The zero-order chi connectivity index (χ0) is 22.4. The van der Waals surface area contributed by atoms with E-state index in [1.165, 1.54) is 34.9 Å². The second-order valence-electron chi connectivity index (χ2n) is 7.91. The Labute approximate surface area is 185 Å². The Morgan fingerprint density at radius 1 is 1.10 bits per heavy atom. The van der Waals surface area contributed by atoms with Gasteiger partial charge in [0.15, 0.2) is 0 Å². The smallest absolute Gasteiger partial charge is 0.142 e. The Hall–Kier alpha value is -3.39. The number of carbonyl (C=O) groups is 1. The molecule has 0 amide bonds. The third-order valence-electron chi connectivity index (χ3n) is 5.82. The fourth-order valence-electron chi connectivity index (χ4n) is 4.05. The fourth-order valence-corrected chi connectivity index (χ4v) is 4.05. The van der Waals surface area contributed by atoms with Gasteiger partial charge in [0, 0.05) is 18.8 Å². The lowest BCUT2D eigenvalue weighted by atomic mass is 9.86. The molecule has 0 unspecified atom stereocenters. The summed E-state index contributed by atoms with van der Waals surface area (Å²) in [4.78, 5) is 13.1. The summed E-state index contributed by atoms with van der Waals surface area (Å²) in [6.45, 7) is 16.7. The number of hydrogen-bond donors (Lipinski definition) is 0. The van der Waals surface area contributed by atoms with Crippen molar-refractivity contribution in [3.05, 3.63) is 106 Å². The second-order valence-corrected chi connectivity index (χ2v) is 7.91. The molecule has 158 valence electrons. The van der Waals surface area contributed by atoms with E-state index in [1.807, 2.05) is 18.2 Å². The highest BCUT2D eigenvalue weighted by Crippen LogP contribution is 2.32. The first-order valence-electron chi connectivity index (χ1n) is 10.8. The molecule has 1 aliphatic heterocycles. The normalized spacial score (nSPS) is 15.6. The number of hydrogen-bond acceptors (Lipinski definition) is 2. The van der Waals surface area contributed by atoms with Gasteiger partial charge in [-0.15, -0.1) is 0 Å². The molecule has 3 rings (SSSR count). The van der Waals surface area contributed by atoms with Crippen molar-refractivity contribution in [1.29, 1.82) is 0 Å². The van der Waals surface area contributed by atoms with Crippen LogP contribution in [-0.4, -0.2) is 19.4 Å². The van der Waals surface area contributed by atoms with Gasteiger partial charge in [-0.1, -0.05) is 55.7 Å². The highest BCUT2D eigenvalue weighted by Gasteiger charge is 2.18. The minimum Gasteiger partial charge on any atom is -0.371 e. The molecule has 0 saturated carbocycles. The van der Waals surface area contributed by atoms with E-state index in [1.54, 1.807) is 6.08 Å². The zero-order valence-corrected chi connectivity index (χ0v) is 18.8. The molecule has 2 heteroatoms. The maximum atomic E-state index is 10.7. The van der Waals surface area contributed by atoms with Crippen molar-refractivity contribution in [2.24, 2.45) is 0 Å². The van der Waals surface area contributed by atoms with Crippen molar-refractivity contribution in [3.8, 4) is 0 Å². The number of allylic oxidation sites excluding steroid dienone is 6. The van der Waals surface area contributed by atoms with Gasteiger partial charge in [0.2, 0.25) is 0 Å². The molecule has 1 fully saturated rings. The van der Waals surface area contributed by atoms with Crippen LogP contribution in [0.3, 0.4) is 0 Å². The highest BCUT2D eigenvalue weighted by atomic mass is 16.1. The molecule has 1 heterocycles. The van der Waals surface area contributed by atoms with Crippen LogP contribution in [0.5, 0.6) is 0 Å². The van der Waals surface area contributed by atoms with Gasteiger partial charge in [-0.3, -0.25) is 4.79 Å². The van der Waals surface area contributed by atoms with Gasteiger partial charge in [-0.25, -0.2) is 0 Å². The molecule has 31 heavy (non-hydrogen) atoms. The van der Waals surface area contributed by atoms with Crippen LogP contribution in [-0.2, 0) is 4.79 Å². The molecular formula is C29H31NO. The lowest BCUT2D eigenvalue weighted by molar-refractivity contribution is -0.104. The molecular weight excluding hydrogens is 378 g/mol. The quantitative estimate of drug-likeness (QED) is 0.360. The molecule has 1 aliphatic rings. The average Bonchev–Trinajstić information content (AvgIpc) is 2.71. The first-order valence-corrected chi connectivity index (χ1v) is 10.8. The molecule has 0 spiro atoms. The molecule has 1 saturated heterocycles. The van der Waals surface area contributed by atoms with Crippen molar-refractivity contribution in [2.45, 2.75) is 27.2 Å². The second kappa shape index (κ2) is 10.1. The molecule has 2 aromatic carbocycles. The number of benzene rings is 2. The molecule has 0 aromatic heterocycles. The van der Waals surface area contributed by atoms with Gasteiger partial charge in [0.25, 0.3) is 0 Å². The van der Waals surface area contributed by atoms with Gasteiger partial charge in [-0.2, -0.15) is 0 Å². The number of aryl methyl sites for hydroxylation is 1. The number of anilines is 1. The van der Waals surface area contributed by atoms with E-state index in [2.05, 4.69) is 75.2 Å². The molecule has 2 aromatic rings. The van der Waals surface area contributed by atoms with Crippen LogP contribution in [0, 0.1) is 6.92 Å². The molecule has 0 atom stereocenters.